The van der Waals surface area contributed by atoms with Crippen LogP contribution in [0.15, 0.2) is 22.8 Å². The number of esters is 1. The molecule has 5 nitrogen and oxygen atoms in total. The van der Waals surface area contributed by atoms with Gasteiger partial charge in [0.1, 0.15) is 5.76 Å². The van der Waals surface area contributed by atoms with E-state index in [2.05, 4.69) is 4.74 Å². The van der Waals surface area contributed by atoms with E-state index in [0.29, 0.717) is 18.8 Å². The SMILES string of the molecule is COC(=O)C(C)CN(Cc1ccco1)C(=O)C(C)C. The maximum atomic E-state index is 12.1. The summed E-state index contributed by atoms with van der Waals surface area (Å²) in [6.45, 7) is 6.10. The van der Waals surface area contributed by atoms with Crippen LogP contribution in [0.5, 0.6) is 0 Å². The molecule has 19 heavy (non-hydrogen) atoms. The molecule has 0 aliphatic heterocycles. The average molecular weight is 267 g/mol. The molecule has 0 aliphatic carbocycles. The zero-order valence-electron chi connectivity index (χ0n) is 11.9. The minimum absolute atomic E-state index is 0.00727. The summed E-state index contributed by atoms with van der Waals surface area (Å²) in [6.07, 6.45) is 1.57. The summed E-state index contributed by atoms with van der Waals surface area (Å²) in [7, 11) is 1.35. The van der Waals surface area contributed by atoms with E-state index in [4.69, 9.17) is 4.42 Å². The fourth-order valence-electron chi connectivity index (χ4n) is 1.79. The summed E-state index contributed by atoms with van der Waals surface area (Å²) in [6, 6.07) is 3.58. The van der Waals surface area contributed by atoms with Crippen molar-refractivity contribution in [3.05, 3.63) is 24.2 Å². The summed E-state index contributed by atoms with van der Waals surface area (Å²) in [4.78, 5) is 25.2. The van der Waals surface area contributed by atoms with Crippen LogP contribution in [-0.2, 0) is 20.9 Å². The van der Waals surface area contributed by atoms with Gasteiger partial charge in [-0.2, -0.15) is 0 Å². The van der Waals surface area contributed by atoms with Crippen molar-refractivity contribution in [1.82, 2.24) is 4.90 Å². The molecule has 0 spiro atoms. The van der Waals surface area contributed by atoms with E-state index in [-0.39, 0.29) is 23.7 Å². The topological polar surface area (TPSA) is 59.8 Å². The van der Waals surface area contributed by atoms with E-state index in [1.807, 2.05) is 19.9 Å². The van der Waals surface area contributed by atoms with Gasteiger partial charge in [-0.25, -0.2) is 0 Å². The number of carbonyl (C=O) groups is 2. The van der Waals surface area contributed by atoms with Gasteiger partial charge >= 0.3 is 5.97 Å². The molecular weight excluding hydrogens is 246 g/mol. The summed E-state index contributed by atoms with van der Waals surface area (Å²) in [5.74, 6) is -0.110. The second kappa shape index (κ2) is 6.97. The van der Waals surface area contributed by atoms with E-state index in [9.17, 15) is 9.59 Å². The zero-order valence-corrected chi connectivity index (χ0v) is 11.9. The molecule has 0 fully saturated rings. The van der Waals surface area contributed by atoms with Gasteiger partial charge < -0.3 is 14.1 Å². The van der Waals surface area contributed by atoms with E-state index < -0.39 is 0 Å². The standard InChI is InChI=1S/C14H21NO4/c1-10(2)13(16)15(8-11(3)14(17)18-4)9-12-6-5-7-19-12/h5-7,10-11H,8-9H2,1-4H3. The molecule has 1 unspecified atom stereocenters. The highest BCUT2D eigenvalue weighted by atomic mass is 16.5. The fraction of sp³-hybridized carbons (Fsp3) is 0.571. The molecule has 1 aromatic rings. The van der Waals surface area contributed by atoms with Crippen molar-refractivity contribution in [1.29, 1.82) is 0 Å². The lowest BCUT2D eigenvalue weighted by molar-refractivity contribution is -0.147. The first-order valence-corrected chi connectivity index (χ1v) is 6.34. The highest BCUT2D eigenvalue weighted by molar-refractivity contribution is 5.79. The molecule has 1 aromatic heterocycles. The van der Waals surface area contributed by atoms with Crippen LogP contribution in [0.2, 0.25) is 0 Å². The highest BCUT2D eigenvalue weighted by Gasteiger charge is 2.24. The minimum Gasteiger partial charge on any atom is -0.469 e. The highest BCUT2D eigenvalue weighted by Crippen LogP contribution is 2.12. The van der Waals surface area contributed by atoms with Crippen LogP contribution in [0.3, 0.4) is 0 Å². The maximum Gasteiger partial charge on any atom is 0.310 e. The van der Waals surface area contributed by atoms with Crippen LogP contribution in [0.1, 0.15) is 26.5 Å². The Labute approximate surface area is 113 Å². The lowest BCUT2D eigenvalue weighted by Gasteiger charge is -2.25. The first-order valence-electron chi connectivity index (χ1n) is 6.34. The zero-order chi connectivity index (χ0) is 14.4. The normalized spacial score (nSPS) is 12.3. The molecule has 0 radical (unpaired) electrons. The maximum absolute atomic E-state index is 12.1. The van der Waals surface area contributed by atoms with Crippen molar-refractivity contribution in [2.45, 2.75) is 27.3 Å². The molecule has 106 valence electrons. The second-order valence-corrected chi connectivity index (χ2v) is 4.88. The van der Waals surface area contributed by atoms with Gasteiger partial charge in [-0.1, -0.05) is 20.8 Å². The molecule has 5 heteroatoms. The van der Waals surface area contributed by atoms with Crippen LogP contribution < -0.4 is 0 Å². The van der Waals surface area contributed by atoms with Crippen LogP contribution in [0.25, 0.3) is 0 Å². The molecule has 1 amide bonds. The third-order valence-electron chi connectivity index (χ3n) is 2.83. The van der Waals surface area contributed by atoms with E-state index >= 15 is 0 Å². The molecule has 0 bridgehead atoms. The van der Waals surface area contributed by atoms with Gasteiger partial charge in [-0.15, -0.1) is 0 Å². The molecule has 0 saturated heterocycles. The van der Waals surface area contributed by atoms with E-state index in [0.717, 1.165) is 0 Å². The van der Waals surface area contributed by atoms with E-state index in [1.165, 1.54) is 7.11 Å². The molecule has 1 heterocycles. The van der Waals surface area contributed by atoms with Crippen molar-refractivity contribution < 1.29 is 18.7 Å². The van der Waals surface area contributed by atoms with Gasteiger partial charge in [0.2, 0.25) is 5.91 Å². The van der Waals surface area contributed by atoms with Crippen molar-refractivity contribution in [3.63, 3.8) is 0 Å². The number of amides is 1. The van der Waals surface area contributed by atoms with Crippen molar-refractivity contribution >= 4 is 11.9 Å². The third-order valence-corrected chi connectivity index (χ3v) is 2.83. The quantitative estimate of drug-likeness (QED) is 0.740. The summed E-state index contributed by atoms with van der Waals surface area (Å²) in [5, 5.41) is 0. The summed E-state index contributed by atoms with van der Waals surface area (Å²) in [5.41, 5.74) is 0. The van der Waals surface area contributed by atoms with Crippen LogP contribution in [-0.4, -0.2) is 30.4 Å². The first-order chi connectivity index (χ1) is 8.95. The molecule has 0 aliphatic rings. The molecular formula is C14H21NO4. The Balaban J connectivity index is 2.75. The smallest absolute Gasteiger partial charge is 0.310 e. The van der Waals surface area contributed by atoms with E-state index in [1.54, 1.807) is 24.2 Å². The Kier molecular flexibility index (Phi) is 5.60. The predicted molar refractivity (Wildman–Crippen MR) is 70.1 cm³/mol. The Morgan fingerprint density at radius 3 is 2.53 bits per heavy atom. The number of hydrogen-bond acceptors (Lipinski definition) is 4. The Morgan fingerprint density at radius 2 is 2.05 bits per heavy atom. The Morgan fingerprint density at radius 1 is 1.37 bits per heavy atom. The number of methoxy groups -OCH3 is 1. The number of ether oxygens (including phenoxy) is 1. The molecule has 0 saturated carbocycles. The molecule has 0 aromatic carbocycles. The van der Waals surface area contributed by atoms with Gasteiger partial charge in [0.25, 0.3) is 0 Å². The van der Waals surface area contributed by atoms with Gasteiger partial charge in [0.15, 0.2) is 0 Å². The molecule has 1 rings (SSSR count). The summed E-state index contributed by atoms with van der Waals surface area (Å²) >= 11 is 0. The Hall–Kier alpha value is -1.78. The van der Waals surface area contributed by atoms with Crippen LogP contribution in [0.4, 0.5) is 0 Å². The van der Waals surface area contributed by atoms with Crippen LogP contribution >= 0.6 is 0 Å². The average Bonchev–Trinajstić information content (AvgIpc) is 2.88. The lowest BCUT2D eigenvalue weighted by Crippen LogP contribution is -2.38. The monoisotopic (exact) mass is 267 g/mol. The number of nitrogens with zero attached hydrogens (tertiary/aromatic N) is 1. The molecule has 0 N–H and O–H groups in total. The predicted octanol–water partition coefficient (Wildman–Crippen LogP) is 2.07. The number of carbonyl (C=O) groups excluding carboxylic acids is 2. The number of rotatable bonds is 6. The van der Waals surface area contributed by atoms with Gasteiger partial charge in [0.05, 0.1) is 25.8 Å². The largest absolute Gasteiger partial charge is 0.469 e. The van der Waals surface area contributed by atoms with Crippen molar-refractivity contribution in [2.75, 3.05) is 13.7 Å². The van der Waals surface area contributed by atoms with Crippen molar-refractivity contribution in [3.8, 4) is 0 Å². The summed E-state index contributed by atoms with van der Waals surface area (Å²) < 4.78 is 9.94. The lowest BCUT2D eigenvalue weighted by atomic mass is 10.1. The minimum atomic E-state index is -0.359. The fourth-order valence-corrected chi connectivity index (χ4v) is 1.79. The van der Waals surface area contributed by atoms with Gasteiger partial charge in [-0.3, -0.25) is 9.59 Å². The molecule has 1 atom stereocenters. The van der Waals surface area contributed by atoms with Gasteiger partial charge in [-0.05, 0) is 12.1 Å². The second-order valence-electron chi connectivity index (χ2n) is 4.88. The van der Waals surface area contributed by atoms with Crippen LogP contribution in [0, 0.1) is 11.8 Å². The first kappa shape index (κ1) is 15.3. The van der Waals surface area contributed by atoms with Crippen molar-refractivity contribution in [2.24, 2.45) is 11.8 Å². The number of hydrogen-bond donors (Lipinski definition) is 0. The number of furan rings is 1. The van der Waals surface area contributed by atoms with Gasteiger partial charge in [0, 0.05) is 12.5 Å². The Bertz CT molecular complexity index is 411. The third kappa shape index (κ3) is 4.43.